The Labute approximate surface area is 155 Å². The molecule has 2 aromatic carbocycles. The Balaban J connectivity index is 1.94. The average Bonchev–Trinajstić information content (AvgIpc) is 2.66. The van der Waals surface area contributed by atoms with E-state index in [1.165, 1.54) is 5.56 Å². The highest BCUT2D eigenvalue weighted by Crippen LogP contribution is 2.16. The van der Waals surface area contributed by atoms with Gasteiger partial charge in [0.05, 0.1) is 17.9 Å². The van der Waals surface area contributed by atoms with E-state index in [0.717, 1.165) is 24.2 Å². The molecule has 4 nitrogen and oxygen atoms in total. The Morgan fingerprint density at radius 3 is 2.19 bits per heavy atom. The third-order valence-corrected chi connectivity index (χ3v) is 4.12. The number of hydrogen-bond acceptors (Lipinski definition) is 4. The van der Waals surface area contributed by atoms with E-state index in [1.807, 2.05) is 19.1 Å². The highest BCUT2D eigenvalue weighted by atomic mass is 16.7. The van der Waals surface area contributed by atoms with Gasteiger partial charge in [-0.3, -0.25) is 0 Å². The number of hydrogen-bond donors (Lipinski definition) is 0. The molecular weight excluding hydrogens is 326 g/mol. The second kappa shape index (κ2) is 9.76. The predicted molar refractivity (Wildman–Crippen MR) is 105 cm³/mol. The van der Waals surface area contributed by atoms with Gasteiger partial charge in [0.25, 0.3) is 0 Å². The topological polar surface area (TPSA) is 47.9 Å². The smallest absolute Gasteiger partial charge is 0.365 e. The van der Waals surface area contributed by atoms with E-state index in [4.69, 9.17) is 9.57 Å². The molecule has 2 rings (SSSR count). The molecule has 4 heteroatoms. The van der Waals surface area contributed by atoms with Crippen LogP contribution >= 0.6 is 0 Å². The molecule has 0 unspecified atom stereocenters. The van der Waals surface area contributed by atoms with Crippen LogP contribution in [-0.2, 0) is 4.84 Å². The standard InChI is InChI=1S/C22H27NO3/c1-5-6-15-25-21-13-11-20(12-14-21)22(24)26-23-17(4)19-9-7-18(8-10-19)16(2)3/h7-14,16H,5-6,15H2,1-4H3/b23-17+. The first-order valence-electron chi connectivity index (χ1n) is 9.10. The van der Waals surface area contributed by atoms with Crippen LogP contribution in [0.25, 0.3) is 0 Å². The first kappa shape index (κ1) is 19.7. The van der Waals surface area contributed by atoms with Gasteiger partial charge in [-0.1, -0.05) is 56.6 Å². The minimum atomic E-state index is -0.483. The molecular formula is C22H27NO3. The minimum Gasteiger partial charge on any atom is -0.494 e. The second-order valence-electron chi connectivity index (χ2n) is 6.56. The lowest BCUT2D eigenvalue weighted by Gasteiger charge is -2.07. The second-order valence-corrected chi connectivity index (χ2v) is 6.56. The molecule has 0 atom stereocenters. The van der Waals surface area contributed by atoms with Crippen molar-refractivity contribution < 1.29 is 14.4 Å². The zero-order valence-corrected chi connectivity index (χ0v) is 16.0. The van der Waals surface area contributed by atoms with Crippen LogP contribution in [-0.4, -0.2) is 18.3 Å². The van der Waals surface area contributed by atoms with Crippen LogP contribution in [0.5, 0.6) is 5.75 Å². The van der Waals surface area contributed by atoms with Gasteiger partial charge >= 0.3 is 5.97 Å². The largest absolute Gasteiger partial charge is 0.494 e. The van der Waals surface area contributed by atoms with Crippen molar-refractivity contribution in [2.45, 2.75) is 46.5 Å². The molecule has 0 radical (unpaired) electrons. The zero-order chi connectivity index (χ0) is 18.9. The van der Waals surface area contributed by atoms with Gasteiger partial charge in [0.15, 0.2) is 0 Å². The van der Waals surface area contributed by atoms with Crippen LogP contribution in [0.15, 0.2) is 53.7 Å². The van der Waals surface area contributed by atoms with E-state index in [0.29, 0.717) is 23.8 Å². The van der Waals surface area contributed by atoms with Crippen molar-refractivity contribution in [3.63, 3.8) is 0 Å². The molecule has 0 heterocycles. The molecule has 0 amide bonds. The highest BCUT2D eigenvalue weighted by Gasteiger charge is 2.08. The molecule has 0 aromatic heterocycles. The summed E-state index contributed by atoms with van der Waals surface area (Å²) in [7, 11) is 0. The zero-order valence-electron chi connectivity index (χ0n) is 16.0. The summed E-state index contributed by atoms with van der Waals surface area (Å²) < 4.78 is 5.58. The predicted octanol–water partition coefficient (Wildman–Crippen LogP) is 5.57. The average molecular weight is 353 g/mol. The Morgan fingerprint density at radius 2 is 1.62 bits per heavy atom. The summed E-state index contributed by atoms with van der Waals surface area (Å²) in [6, 6.07) is 15.0. The molecule has 0 aliphatic heterocycles. The van der Waals surface area contributed by atoms with Gasteiger partial charge in [-0.2, -0.15) is 0 Å². The SMILES string of the molecule is CCCCOc1ccc(C(=O)O/N=C(\C)c2ccc(C(C)C)cc2)cc1. The van der Waals surface area contributed by atoms with Crippen LogP contribution in [0.4, 0.5) is 0 Å². The van der Waals surface area contributed by atoms with Gasteiger partial charge in [0, 0.05) is 0 Å². The van der Waals surface area contributed by atoms with Crippen molar-refractivity contribution >= 4 is 11.7 Å². The Kier molecular flexibility index (Phi) is 7.39. The van der Waals surface area contributed by atoms with Crippen molar-refractivity contribution in [1.82, 2.24) is 0 Å². The summed E-state index contributed by atoms with van der Waals surface area (Å²) in [5, 5.41) is 3.96. The van der Waals surface area contributed by atoms with Crippen LogP contribution < -0.4 is 4.74 Å². The summed E-state index contributed by atoms with van der Waals surface area (Å²) in [6.07, 6.45) is 2.10. The van der Waals surface area contributed by atoms with Gasteiger partial charge < -0.3 is 9.57 Å². The van der Waals surface area contributed by atoms with Crippen LogP contribution in [0.1, 0.15) is 67.9 Å². The van der Waals surface area contributed by atoms with Crippen LogP contribution in [0.2, 0.25) is 0 Å². The quantitative estimate of drug-likeness (QED) is 0.270. The molecule has 0 bridgehead atoms. The van der Waals surface area contributed by atoms with Gasteiger partial charge in [0.1, 0.15) is 5.75 Å². The number of benzene rings is 2. The van der Waals surface area contributed by atoms with Crippen LogP contribution in [0.3, 0.4) is 0 Å². The normalized spacial score (nSPS) is 11.5. The van der Waals surface area contributed by atoms with Gasteiger partial charge in [0.2, 0.25) is 0 Å². The summed E-state index contributed by atoms with van der Waals surface area (Å²) in [5.41, 5.74) is 3.30. The third-order valence-electron chi connectivity index (χ3n) is 4.12. The minimum absolute atomic E-state index is 0.444. The molecule has 0 saturated carbocycles. The van der Waals surface area contributed by atoms with E-state index < -0.39 is 5.97 Å². The molecule has 0 aliphatic rings. The molecule has 138 valence electrons. The monoisotopic (exact) mass is 353 g/mol. The van der Waals surface area contributed by atoms with E-state index >= 15 is 0 Å². The van der Waals surface area contributed by atoms with Crippen molar-refractivity contribution in [2.24, 2.45) is 5.16 Å². The number of nitrogens with zero attached hydrogens (tertiary/aromatic N) is 1. The van der Waals surface area contributed by atoms with Gasteiger partial charge in [-0.15, -0.1) is 0 Å². The first-order valence-corrected chi connectivity index (χ1v) is 9.10. The van der Waals surface area contributed by atoms with Crippen LogP contribution in [0, 0.1) is 0 Å². The fraction of sp³-hybridized carbons (Fsp3) is 0.364. The Bertz CT molecular complexity index is 731. The molecule has 0 aliphatic carbocycles. The number of carbonyl (C=O) groups is 1. The molecule has 0 saturated heterocycles. The molecule has 0 spiro atoms. The molecule has 26 heavy (non-hydrogen) atoms. The van der Waals surface area contributed by atoms with E-state index in [9.17, 15) is 4.79 Å². The summed E-state index contributed by atoms with van der Waals surface area (Å²) in [6.45, 7) is 8.92. The fourth-order valence-electron chi connectivity index (χ4n) is 2.35. The van der Waals surface area contributed by atoms with Crippen molar-refractivity contribution in [2.75, 3.05) is 6.61 Å². The summed E-state index contributed by atoms with van der Waals surface area (Å²) >= 11 is 0. The third kappa shape index (κ3) is 5.73. The summed E-state index contributed by atoms with van der Waals surface area (Å²) in [4.78, 5) is 17.2. The van der Waals surface area contributed by atoms with E-state index in [-0.39, 0.29) is 0 Å². The Morgan fingerprint density at radius 1 is 1.00 bits per heavy atom. The number of oxime groups is 1. The molecule has 0 N–H and O–H groups in total. The van der Waals surface area contributed by atoms with Crippen molar-refractivity contribution in [3.05, 3.63) is 65.2 Å². The molecule has 0 fully saturated rings. The van der Waals surface area contributed by atoms with E-state index in [1.54, 1.807) is 24.3 Å². The number of carbonyl (C=O) groups excluding carboxylic acids is 1. The van der Waals surface area contributed by atoms with Crippen molar-refractivity contribution in [3.8, 4) is 5.75 Å². The number of rotatable bonds is 8. The van der Waals surface area contributed by atoms with Gasteiger partial charge in [-0.25, -0.2) is 4.79 Å². The lowest BCUT2D eigenvalue weighted by Crippen LogP contribution is -2.04. The van der Waals surface area contributed by atoms with Crippen molar-refractivity contribution in [1.29, 1.82) is 0 Å². The lowest BCUT2D eigenvalue weighted by atomic mass is 10.0. The highest BCUT2D eigenvalue weighted by molar-refractivity contribution is 5.99. The number of ether oxygens (including phenoxy) is 1. The Hall–Kier alpha value is -2.62. The molecule has 2 aromatic rings. The number of unbranched alkanes of at least 4 members (excludes halogenated alkanes) is 1. The maximum absolute atomic E-state index is 12.1. The maximum atomic E-state index is 12.1. The maximum Gasteiger partial charge on any atom is 0.365 e. The lowest BCUT2D eigenvalue weighted by molar-refractivity contribution is 0.0516. The van der Waals surface area contributed by atoms with E-state index in [2.05, 4.69) is 38.1 Å². The fourth-order valence-corrected chi connectivity index (χ4v) is 2.35. The first-order chi connectivity index (χ1) is 12.5. The summed E-state index contributed by atoms with van der Waals surface area (Å²) in [5.74, 6) is 0.747. The van der Waals surface area contributed by atoms with Gasteiger partial charge in [-0.05, 0) is 54.7 Å².